The molecule has 102 valence electrons. The van der Waals surface area contributed by atoms with E-state index < -0.39 is 0 Å². The van der Waals surface area contributed by atoms with Crippen LogP contribution in [0.3, 0.4) is 0 Å². The molecule has 0 bridgehead atoms. The number of hydrogen-bond donors (Lipinski definition) is 1. The van der Waals surface area contributed by atoms with Crippen molar-refractivity contribution in [3.05, 3.63) is 34.3 Å². The van der Waals surface area contributed by atoms with Crippen LogP contribution in [0.2, 0.25) is 0 Å². The summed E-state index contributed by atoms with van der Waals surface area (Å²) in [6, 6.07) is 6.73. The summed E-state index contributed by atoms with van der Waals surface area (Å²) in [5.74, 6) is 0. The summed E-state index contributed by atoms with van der Waals surface area (Å²) in [7, 11) is 0. The summed E-state index contributed by atoms with van der Waals surface area (Å²) in [5.41, 5.74) is 3.73. The van der Waals surface area contributed by atoms with Crippen LogP contribution >= 0.6 is 11.3 Å². The van der Waals surface area contributed by atoms with E-state index in [0.29, 0.717) is 0 Å². The van der Waals surface area contributed by atoms with Gasteiger partial charge in [-0.2, -0.15) is 0 Å². The fraction of sp³-hybridized carbons (Fsp3) is 0.467. The highest BCUT2D eigenvalue weighted by Gasteiger charge is 2.13. The van der Waals surface area contributed by atoms with Crippen LogP contribution in [0.25, 0.3) is 10.6 Å². The Hall–Kier alpha value is -1.26. The second-order valence-electron chi connectivity index (χ2n) is 4.94. The Morgan fingerprint density at radius 2 is 2.05 bits per heavy atom. The molecule has 0 saturated heterocycles. The average Bonchev–Trinajstić information content (AvgIpc) is 2.85. The van der Waals surface area contributed by atoms with E-state index in [1.165, 1.54) is 16.7 Å². The molecule has 0 radical (unpaired) electrons. The van der Waals surface area contributed by atoms with Crippen molar-refractivity contribution in [2.45, 2.75) is 40.2 Å². The number of aromatic nitrogens is 2. The van der Waals surface area contributed by atoms with Crippen molar-refractivity contribution in [2.24, 2.45) is 0 Å². The maximum atomic E-state index is 4.33. The van der Waals surface area contributed by atoms with Gasteiger partial charge in [0.05, 0.1) is 6.04 Å². The number of nitrogens with zero attached hydrogens (tertiary/aromatic N) is 2. The first-order valence-corrected chi connectivity index (χ1v) is 7.58. The molecule has 2 rings (SSSR count). The molecule has 1 aromatic heterocycles. The van der Waals surface area contributed by atoms with Crippen LogP contribution < -0.4 is 5.32 Å². The Balaban J connectivity index is 2.20. The molecule has 1 N–H and O–H groups in total. The largest absolute Gasteiger partial charge is 0.308 e. The number of rotatable bonds is 5. The maximum absolute atomic E-state index is 4.33. The standard InChI is InChI=1S/C15H21N3S/c1-5-8-16-12(4)14-17-18-15(19-14)13-7-6-10(2)9-11(13)3/h6-7,9,12,16H,5,8H2,1-4H3. The Labute approximate surface area is 119 Å². The smallest absolute Gasteiger partial charge is 0.148 e. The minimum Gasteiger partial charge on any atom is -0.308 e. The summed E-state index contributed by atoms with van der Waals surface area (Å²) >= 11 is 1.68. The molecule has 1 heterocycles. The van der Waals surface area contributed by atoms with Gasteiger partial charge in [-0.25, -0.2) is 0 Å². The number of hydrogen-bond acceptors (Lipinski definition) is 4. The Morgan fingerprint density at radius 3 is 2.74 bits per heavy atom. The van der Waals surface area contributed by atoms with Gasteiger partial charge in [-0.3, -0.25) is 0 Å². The third-order valence-electron chi connectivity index (χ3n) is 3.12. The fourth-order valence-corrected chi connectivity index (χ4v) is 2.98. The van der Waals surface area contributed by atoms with Crippen molar-refractivity contribution < 1.29 is 0 Å². The van der Waals surface area contributed by atoms with Gasteiger partial charge < -0.3 is 5.32 Å². The first-order valence-electron chi connectivity index (χ1n) is 6.76. The number of benzene rings is 1. The second kappa shape index (κ2) is 6.26. The van der Waals surface area contributed by atoms with Crippen molar-refractivity contribution in [1.82, 2.24) is 15.5 Å². The molecule has 1 aromatic carbocycles. The summed E-state index contributed by atoms with van der Waals surface area (Å²) in [4.78, 5) is 0. The zero-order valence-electron chi connectivity index (χ0n) is 12.0. The van der Waals surface area contributed by atoms with Gasteiger partial charge in [0, 0.05) is 5.56 Å². The summed E-state index contributed by atoms with van der Waals surface area (Å²) in [5, 5.41) is 14.2. The van der Waals surface area contributed by atoms with E-state index in [9.17, 15) is 0 Å². The van der Waals surface area contributed by atoms with Crippen molar-refractivity contribution in [2.75, 3.05) is 6.54 Å². The molecule has 4 heteroatoms. The predicted octanol–water partition coefficient (Wildman–Crippen LogP) is 3.88. The monoisotopic (exact) mass is 275 g/mol. The lowest BCUT2D eigenvalue weighted by Crippen LogP contribution is -2.18. The van der Waals surface area contributed by atoms with Crippen LogP contribution in [0.1, 0.15) is 42.4 Å². The first kappa shape index (κ1) is 14.2. The fourth-order valence-electron chi connectivity index (χ4n) is 2.02. The van der Waals surface area contributed by atoms with Crippen molar-refractivity contribution >= 4 is 11.3 Å². The van der Waals surface area contributed by atoms with Gasteiger partial charge in [0.1, 0.15) is 10.0 Å². The molecule has 0 fully saturated rings. The zero-order chi connectivity index (χ0) is 13.8. The van der Waals surface area contributed by atoms with E-state index in [1.807, 2.05) is 0 Å². The van der Waals surface area contributed by atoms with E-state index in [4.69, 9.17) is 0 Å². The normalized spacial score (nSPS) is 12.6. The third kappa shape index (κ3) is 3.39. The van der Waals surface area contributed by atoms with E-state index >= 15 is 0 Å². The lowest BCUT2D eigenvalue weighted by atomic mass is 10.1. The Morgan fingerprint density at radius 1 is 1.26 bits per heavy atom. The molecule has 2 aromatic rings. The quantitative estimate of drug-likeness (QED) is 0.899. The molecule has 0 aliphatic carbocycles. The van der Waals surface area contributed by atoms with Crippen LogP contribution in [-0.2, 0) is 0 Å². The SMILES string of the molecule is CCCNC(C)c1nnc(-c2ccc(C)cc2C)s1. The summed E-state index contributed by atoms with van der Waals surface area (Å²) < 4.78 is 0. The highest BCUT2D eigenvalue weighted by Crippen LogP contribution is 2.29. The van der Waals surface area contributed by atoms with Gasteiger partial charge in [0.15, 0.2) is 0 Å². The summed E-state index contributed by atoms with van der Waals surface area (Å²) in [6.07, 6.45) is 1.13. The van der Waals surface area contributed by atoms with E-state index in [-0.39, 0.29) is 6.04 Å². The molecule has 1 atom stereocenters. The van der Waals surface area contributed by atoms with Crippen molar-refractivity contribution in [1.29, 1.82) is 0 Å². The predicted molar refractivity (Wildman–Crippen MR) is 81.5 cm³/mol. The first-order chi connectivity index (χ1) is 9.11. The van der Waals surface area contributed by atoms with Gasteiger partial charge in [0.2, 0.25) is 0 Å². The van der Waals surface area contributed by atoms with Crippen LogP contribution in [0, 0.1) is 13.8 Å². The van der Waals surface area contributed by atoms with Crippen LogP contribution in [0.4, 0.5) is 0 Å². The molecular formula is C15H21N3S. The van der Waals surface area contributed by atoms with E-state index in [1.54, 1.807) is 11.3 Å². The second-order valence-corrected chi connectivity index (χ2v) is 5.95. The molecule has 19 heavy (non-hydrogen) atoms. The Kier molecular flexibility index (Phi) is 4.66. The minimum absolute atomic E-state index is 0.275. The molecule has 0 saturated carbocycles. The van der Waals surface area contributed by atoms with Gasteiger partial charge in [-0.05, 0) is 39.3 Å². The van der Waals surface area contributed by atoms with E-state index in [0.717, 1.165) is 23.0 Å². The van der Waals surface area contributed by atoms with Gasteiger partial charge in [-0.1, -0.05) is 42.0 Å². The van der Waals surface area contributed by atoms with Crippen molar-refractivity contribution in [3.63, 3.8) is 0 Å². The number of nitrogens with one attached hydrogen (secondary N) is 1. The highest BCUT2D eigenvalue weighted by atomic mass is 32.1. The molecule has 0 aliphatic rings. The van der Waals surface area contributed by atoms with Crippen LogP contribution in [-0.4, -0.2) is 16.7 Å². The average molecular weight is 275 g/mol. The molecule has 3 nitrogen and oxygen atoms in total. The topological polar surface area (TPSA) is 37.8 Å². The molecular weight excluding hydrogens is 254 g/mol. The van der Waals surface area contributed by atoms with Gasteiger partial charge >= 0.3 is 0 Å². The molecule has 0 amide bonds. The van der Waals surface area contributed by atoms with Crippen LogP contribution in [0.15, 0.2) is 18.2 Å². The zero-order valence-corrected chi connectivity index (χ0v) is 12.8. The third-order valence-corrected chi connectivity index (χ3v) is 4.26. The molecule has 0 aliphatic heterocycles. The van der Waals surface area contributed by atoms with Crippen LogP contribution in [0.5, 0.6) is 0 Å². The minimum atomic E-state index is 0.275. The number of aryl methyl sites for hydroxylation is 2. The molecule has 1 unspecified atom stereocenters. The van der Waals surface area contributed by atoms with E-state index in [2.05, 4.69) is 61.4 Å². The highest BCUT2D eigenvalue weighted by molar-refractivity contribution is 7.14. The van der Waals surface area contributed by atoms with Crippen molar-refractivity contribution in [3.8, 4) is 10.6 Å². The van der Waals surface area contributed by atoms with Gasteiger partial charge in [-0.15, -0.1) is 10.2 Å². The lowest BCUT2D eigenvalue weighted by Gasteiger charge is -2.08. The maximum Gasteiger partial charge on any atom is 0.148 e. The lowest BCUT2D eigenvalue weighted by molar-refractivity contribution is 0.564. The Bertz CT molecular complexity index is 548. The molecule has 0 spiro atoms. The summed E-state index contributed by atoms with van der Waals surface area (Å²) in [6.45, 7) is 9.56. The van der Waals surface area contributed by atoms with Gasteiger partial charge in [0.25, 0.3) is 0 Å².